The molecule has 4 aromatic rings. The zero-order valence-corrected chi connectivity index (χ0v) is 13.4. The first-order valence-corrected chi connectivity index (χ1v) is 7.97. The van der Waals surface area contributed by atoms with Crippen molar-refractivity contribution >= 4 is 37.7 Å². The molecule has 22 heavy (non-hydrogen) atoms. The lowest BCUT2D eigenvalue weighted by Crippen LogP contribution is -1.95. The molecule has 0 bridgehead atoms. The number of nitrogens with one attached hydrogen (secondary N) is 1. The van der Waals surface area contributed by atoms with Crippen molar-refractivity contribution in [2.24, 2.45) is 0 Å². The molecule has 1 aromatic heterocycles. The summed E-state index contributed by atoms with van der Waals surface area (Å²) in [4.78, 5) is 3.44. The van der Waals surface area contributed by atoms with Gasteiger partial charge in [-0.25, -0.2) is 0 Å². The molecule has 0 aliphatic rings. The van der Waals surface area contributed by atoms with E-state index < -0.39 is 0 Å². The predicted octanol–water partition coefficient (Wildman–Crippen LogP) is 5.66. The first kappa shape index (κ1) is 13.4. The molecule has 4 rings (SSSR count). The Bertz CT molecular complexity index is 958. The zero-order valence-electron chi connectivity index (χ0n) is 11.8. The normalized spacial score (nSPS) is 11.1. The van der Waals surface area contributed by atoms with E-state index in [1.807, 2.05) is 30.3 Å². The van der Waals surface area contributed by atoms with E-state index in [-0.39, 0.29) is 0 Å². The Morgan fingerprint density at radius 1 is 0.864 bits per heavy atom. The van der Waals surface area contributed by atoms with Crippen molar-refractivity contribution in [2.45, 2.75) is 6.61 Å². The van der Waals surface area contributed by atoms with Gasteiger partial charge in [0.15, 0.2) is 0 Å². The fraction of sp³-hybridized carbons (Fsp3) is 0.0526. The number of hydrogen-bond donors (Lipinski definition) is 1. The van der Waals surface area contributed by atoms with Crippen molar-refractivity contribution in [3.05, 3.63) is 76.8 Å². The summed E-state index contributed by atoms with van der Waals surface area (Å²) >= 11 is 3.49. The molecule has 108 valence electrons. The zero-order chi connectivity index (χ0) is 14.9. The molecule has 3 aromatic carbocycles. The number of hydrogen-bond acceptors (Lipinski definition) is 1. The van der Waals surface area contributed by atoms with Gasteiger partial charge in [-0.1, -0.05) is 52.3 Å². The fourth-order valence-electron chi connectivity index (χ4n) is 2.78. The smallest absolute Gasteiger partial charge is 0.129 e. The van der Waals surface area contributed by atoms with E-state index in [0.29, 0.717) is 6.61 Å². The summed E-state index contributed by atoms with van der Waals surface area (Å²) < 4.78 is 7.15. The highest BCUT2D eigenvalue weighted by Crippen LogP contribution is 2.33. The van der Waals surface area contributed by atoms with Gasteiger partial charge in [-0.15, -0.1) is 0 Å². The second-order valence-electron chi connectivity index (χ2n) is 5.27. The summed E-state index contributed by atoms with van der Waals surface area (Å²) in [6.45, 7) is 0.554. The van der Waals surface area contributed by atoms with Crippen molar-refractivity contribution in [3.8, 4) is 5.75 Å². The van der Waals surface area contributed by atoms with Crippen LogP contribution in [0.15, 0.2) is 71.2 Å². The van der Waals surface area contributed by atoms with E-state index in [0.717, 1.165) is 32.2 Å². The molecule has 0 saturated carbocycles. The number of fused-ring (bicyclic) bond motifs is 3. The molecule has 0 fully saturated rings. The molecule has 0 atom stereocenters. The van der Waals surface area contributed by atoms with Crippen molar-refractivity contribution in [1.29, 1.82) is 0 Å². The highest BCUT2D eigenvalue weighted by atomic mass is 79.9. The number of halogens is 1. The molecular weight excluding hydrogens is 338 g/mol. The van der Waals surface area contributed by atoms with Gasteiger partial charge in [0.05, 0.1) is 5.52 Å². The van der Waals surface area contributed by atoms with Crippen LogP contribution in [0.25, 0.3) is 21.8 Å². The molecule has 3 heteroatoms. The van der Waals surface area contributed by atoms with Crippen LogP contribution in [-0.2, 0) is 6.61 Å². The number of aromatic amines is 1. The standard InChI is InChI=1S/C19H14BrNO/c20-14-6-3-5-13(11-14)12-22-18-10-4-9-17-19(18)15-7-1-2-8-16(15)21-17/h1-11,21H,12H2. The van der Waals surface area contributed by atoms with Crippen LogP contribution in [0.5, 0.6) is 5.75 Å². The molecule has 0 spiro atoms. The molecule has 0 aliphatic carbocycles. The molecule has 0 radical (unpaired) electrons. The SMILES string of the molecule is Brc1cccc(COc2cccc3[nH]c4ccccc4c23)c1. The number of ether oxygens (including phenoxy) is 1. The van der Waals surface area contributed by atoms with Gasteiger partial charge in [0.1, 0.15) is 12.4 Å². The van der Waals surface area contributed by atoms with Gasteiger partial charge in [-0.05, 0) is 35.9 Å². The topological polar surface area (TPSA) is 25.0 Å². The number of aromatic nitrogens is 1. The van der Waals surface area contributed by atoms with Crippen molar-refractivity contribution in [1.82, 2.24) is 4.98 Å². The summed E-state index contributed by atoms with van der Waals surface area (Å²) in [5.41, 5.74) is 3.38. The molecule has 0 saturated heterocycles. The number of para-hydroxylation sites is 1. The third-order valence-corrected chi connectivity index (χ3v) is 4.27. The number of benzene rings is 3. The van der Waals surface area contributed by atoms with Gasteiger partial charge < -0.3 is 9.72 Å². The maximum absolute atomic E-state index is 6.09. The number of rotatable bonds is 3. The summed E-state index contributed by atoms with van der Waals surface area (Å²) in [5.74, 6) is 0.912. The third kappa shape index (κ3) is 2.38. The van der Waals surface area contributed by atoms with E-state index >= 15 is 0 Å². The van der Waals surface area contributed by atoms with Gasteiger partial charge in [0, 0.05) is 20.8 Å². The maximum atomic E-state index is 6.09. The monoisotopic (exact) mass is 351 g/mol. The minimum absolute atomic E-state index is 0.554. The molecule has 0 aliphatic heterocycles. The third-order valence-electron chi connectivity index (χ3n) is 3.78. The first-order valence-electron chi connectivity index (χ1n) is 7.18. The van der Waals surface area contributed by atoms with Crippen LogP contribution in [-0.4, -0.2) is 4.98 Å². The fourth-order valence-corrected chi connectivity index (χ4v) is 3.22. The summed E-state index contributed by atoms with van der Waals surface area (Å²) in [5, 5.41) is 2.34. The van der Waals surface area contributed by atoms with Gasteiger partial charge >= 0.3 is 0 Å². The van der Waals surface area contributed by atoms with Crippen LogP contribution >= 0.6 is 15.9 Å². The van der Waals surface area contributed by atoms with Gasteiger partial charge in [-0.2, -0.15) is 0 Å². The van der Waals surface area contributed by atoms with E-state index in [4.69, 9.17) is 4.74 Å². The Morgan fingerprint density at radius 2 is 1.68 bits per heavy atom. The first-order chi connectivity index (χ1) is 10.8. The highest BCUT2D eigenvalue weighted by molar-refractivity contribution is 9.10. The number of H-pyrrole nitrogens is 1. The molecule has 0 unspecified atom stereocenters. The molecule has 1 N–H and O–H groups in total. The Hall–Kier alpha value is -2.26. The lowest BCUT2D eigenvalue weighted by atomic mass is 10.1. The van der Waals surface area contributed by atoms with E-state index in [1.165, 1.54) is 5.39 Å². The summed E-state index contributed by atoms with van der Waals surface area (Å²) in [6.07, 6.45) is 0. The second-order valence-corrected chi connectivity index (χ2v) is 6.18. The quantitative estimate of drug-likeness (QED) is 0.505. The van der Waals surface area contributed by atoms with Gasteiger partial charge in [0.25, 0.3) is 0 Å². The van der Waals surface area contributed by atoms with Crippen molar-refractivity contribution < 1.29 is 4.74 Å². The molecule has 0 amide bonds. The Kier molecular flexibility index (Phi) is 3.35. The van der Waals surface area contributed by atoms with Crippen LogP contribution in [0.3, 0.4) is 0 Å². The average molecular weight is 352 g/mol. The minimum Gasteiger partial charge on any atom is -0.488 e. The van der Waals surface area contributed by atoms with Crippen LogP contribution < -0.4 is 4.74 Å². The summed E-state index contributed by atoms with van der Waals surface area (Å²) in [7, 11) is 0. The van der Waals surface area contributed by atoms with Gasteiger partial charge in [-0.3, -0.25) is 0 Å². The Labute approximate surface area is 136 Å². The largest absolute Gasteiger partial charge is 0.488 e. The van der Waals surface area contributed by atoms with E-state index in [2.05, 4.69) is 57.3 Å². The molecular formula is C19H14BrNO. The van der Waals surface area contributed by atoms with Crippen LogP contribution in [0, 0.1) is 0 Å². The Morgan fingerprint density at radius 3 is 2.59 bits per heavy atom. The minimum atomic E-state index is 0.554. The summed E-state index contributed by atoms with van der Waals surface area (Å²) in [6, 6.07) is 22.6. The lowest BCUT2D eigenvalue weighted by Gasteiger charge is -2.08. The lowest BCUT2D eigenvalue weighted by molar-refractivity contribution is 0.310. The predicted molar refractivity (Wildman–Crippen MR) is 94.3 cm³/mol. The average Bonchev–Trinajstić information content (AvgIpc) is 2.92. The second kappa shape index (κ2) is 5.50. The van der Waals surface area contributed by atoms with Crippen molar-refractivity contribution in [3.63, 3.8) is 0 Å². The van der Waals surface area contributed by atoms with Crippen molar-refractivity contribution in [2.75, 3.05) is 0 Å². The maximum Gasteiger partial charge on any atom is 0.129 e. The van der Waals surface area contributed by atoms with Crippen LogP contribution in [0.1, 0.15) is 5.56 Å². The Balaban J connectivity index is 1.75. The van der Waals surface area contributed by atoms with E-state index in [9.17, 15) is 0 Å². The molecule has 1 heterocycles. The molecule has 2 nitrogen and oxygen atoms in total. The van der Waals surface area contributed by atoms with E-state index in [1.54, 1.807) is 0 Å². The highest BCUT2D eigenvalue weighted by Gasteiger charge is 2.09. The van der Waals surface area contributed by atoms with Gasteiger partial charge in [0.2, 0.25) is 0 Å². The van der Waals surface area contributed by atoms with Crippen LogP contribution in [0.2, 0.25) is 0 Å². The van der Waals surface area contributed by atoms with Crippen LogP contribution in [0.4, 0.5) is 0 Å².